The Hall–Kier alpha value is -1.35. The summed E-state index contributed by atoms with van der Waals surface area (Å²) in [6.07, 6.45) is 2.35. The number of aryl methyl sites for hydroxylation is 2. The zero-order valence-corrected chi connectivity index (χ0v) is 10.3. The lowest BCUT2D eigenvalue weighted by atomic mass is 10.1. The fourth-order valence-corrected chi connectivity index (χ4v) is 2.07. The van der Waals surface area contributed by atoms with Crippen LogP contribution in [0.4, 0.5) is 0 Å². The van der Waals surface area contributed by atoms with Gasteiger partial charge in [0.1, 0.15) is 6.73 Å². The third-order valence-corrected chi connectivity index (χ3v) is 3.03. The lowest BCUT2D eigenvalue weighted by Gasteiger charge is -2.26. The van der Waals surface area contributed by atoms with Crippen LogP contribution in [0.15, 0.2) is 24.3 Å². The van der Waals surface area contributed by atoms with Crippen molar-refractivity contribution in [2.24, 2.45) is 0 Å². The average Bonchev–Trinajstić information content (AvgIpc) is 2.37. The highest BCUT2D eigenvalue weighted by atomic mass is 16.5. The summed E-state index contributed by atoms with van der Waals surface area (Å²) >= 11 is 0. The standard InChI is InChI=1S/C14H19NO2/c1-12-4-2-5-13(10-12)6-7-14(16)15-8-3-9-17-11-15/h2,4-5,10H,3,6-9,11H2,1H3. The van der Waals surface area contributed by atoms with Crippen LogP contribution < -0.4 is 0 Å². The van der Waals surface area contributed by atoms with Crippen LogP contribution in [0.2, 0.25) is 0 Å². The summed E-state index contributed by atoms with van der Waals surface area (Å²) in [4.78, 5) is 13.7. The maximum atomic E-state index is 11.9. The van der Waals surface area contributed by atoms with Gasteiger partial charge in [0.15, 0.2) is 0 Å². The third kappa shape index (κ3) is 3.56. The first-order valence-corrected chi connectivity index (χ1v) is 6.17. The minimum Gasteiger partial charge on any atom is -0.361 e. The van der Waals surface area contributed by atoms with Crippen molar-refractivity contribution < 1.29 is 9.53 Å². The van der Waals surface area contributed by atoms with Gasteiger partial charge in [-0.2, -0.15) is 0 Å². The van der Waals surface area contributed by atoms with Gasteiger partial charge in [-0.15, -0.1) is 0 Å². The Balaban J connectivity index is 1.83. The molecule has 0 radical (unpaired) electrons. The van der Waals surface area contributed by atoms with E-state index in [2.05, 4.69) is 25.1 Å². The molecule has 0 bridgehead atoms. The Labute approximate surface area is 102 Å². The minimum atomic E-state index is 0.200. The summed E-state index contributed by atoms with van der Waals surface area (Å²) in [5.41, 5.74) is 2.48. The van der Waals surface area contributed by atoms with Gasteiger partial charge >= 0.3 is 0 Å². The molecule has 0 aliphatic carbocycles. The highest BCUT2D eigenvalue weighted by Gasteiger charge is 2.16. The van der Waals surface area contributed by atoms with E-state index >= 15 is 0 Å². The van der Waals surface area contributed by atoms with Gasteiger partial charge in [-0.05, 0) is 25.3 Å². The van der Waals surface area contributed by atoms with Crippen molar-refractivity contribution in [2.75, 3.05) is 19.9 Å². The Morgan fingerprint density at radius 3 is 3.06 bits per heavy atom. The molecule has 1 amide bonds. The van der Waals surface area contributed by atoms with E-state index in [-0.39, 0.29) is 5.91 Å². The van der Waals surface area contributed by atoms with Crippen LogP contribution >= 0.6 is 0 Å². The molecule has 1 aromatic rings. The van der Waals surface area contributed by atoms with Crippen LogP contribution in [-0.2, 0) is 16.0 Å². The van der Waals surface area contributed by atoms with Crippen molar-refractivity contribution in [2.45, 2.75) is 26.2 Å². The summed E-state index contributed by atoms with van der Waals surface area (Å²) in [5, 5.41) is 0. The molecule has 1 aliphatic rings. The Bertz CT molecular complexity index is 384. The fraction of sp³-hybridized carbons (Fsp3) is 0.500. The van der Waals surface area contributed by atoms with Crippen LogP contribution in [0.5, 0.6) is 0 Å². The van der Waals surface area contributed by atoms with Crippen LogP contribution in [0, 0.1) is 6.92 Å². The van der Waals surface area contributed by atoms with Crippen LogP contribution in [-0.4, -0.2) is 30.7 Å². The third-order valence-electron chi connectivity index (χ3n) is 3.03. The Morgan fingerprint density at radius 1 is 1.47 bits per heavy atom. The molecular weight excluding hydrogens is 214 g/mol. The molecule has 1 fully saturated rings. The summed E-state index contributed by atoms with van der Waals surface area (Å²) < 4.78 is 5.28. The average molecular weight is 233 g/mol. The normalized spacial score (nSPS) is 15.9. The van der Waals surface area contributed by atoms with E-state index in [1.165, 1.54) is 11.1 Å². The summed E-state index contributed by atoms with van der Waals surface area (Å²) in [5.74, 6) is 0.200. The second kappa shape index (κ2) is 5.82. The first-order chi connectivity index (χ1) is 8.25. The maximum absolute atomic E-state index is 11.9. The summed E-state index contributed by atoms with van der Waals surface area (Å²) in [6.45, 7) is 4.16. The predicted molar refractivity (Wildman–Crippen MR) is 66.6 cm³/mol. The quantitative estimate of drug-likeness (QED) is 0.800. The van der Waals surface area contributed by atoms with E-state index in [4.69, 9.17) is 4.74 Å². The molecule has 0 atom stereocenters. The van der Waals surface area contributed by atoms with Gasteiger partial charge in [0.25, 0.3) is 0 Å². The van der Waals surface area contributed by atoms with Crippen LogP contribution in [0.1, 0.15) is 24.0 Å². The predicted octanol–water partition coefficient (Wildman–Crippen LogP) is 2.13. The van der Waals surface area contributed by atoms with Crippen molar-refractivity contribution in [1.82, 2.24) is 4.90 Å². The van der Waals surface area contributed by atoms with E-state index < -0.39 is 0 Å². The Morgan fingerprint density at radius 2 is 2.35 bits per heavy atom. The zero-order valence-electron chi connectivity index (χ0n) is 10.3. The molecular formula is C14H19NO2. The number of nitrogens with zero attached hydrogens (tertiary/aromatic N) is 1. The van der Waals surface area contributed by atoms with Gasteiger partial charge < -0.3 is 9.64 Å². The number of ether oxygens (including phenoxy) is 1. The van der Waals surface area contributed by atoms with E-state index in [1.54, 1.807) is 4.90 Å². The van der Waals surface area contributed by atoms with E-state index in [0.717, 1.165) is 26.0 Å². The lowest BCUT2D eigenvalue weighted by molar-refractivity contribution is -0.140. The molecule has 1 aliphatic heterocycles. The van der Waals surface area contributed by atoms with Crippen molar-refractivity contribution >= 4 is 5.91 Å². The second-order valence-corrected chi connectivity index (χ2v) is 4.54. The van der Waals surface area contributed by atoms with Gasteiger partial charge in [-0.1, -0.05) is 29.8 Å². The maximum Gasteiger partial charge on any atom is 0.224 e. The number of carbonyl (C=O) groups is 1. The van der Waals surface area contributed by atoms with E-state index in [9.17, 15) is 4.79 Å². The molecule has 17 heavy (non-hydrogen) atoms. The van der Waals surface area contributed by atoms with E-state index in [1.807, 2.05) is 6.07 Å². The molecule has 2 rings (SSSR count). The van der Waals surface area contributed by atoms with Gasteiger partial charge in [0, 0.05) is 13.0 Å². The number of hydrogen-bond donors (Lipinski definition) is 0. The Kier molecular flexibility index (Phi) is 4.15. The number of carbonyl (C=O) groups excluding carboxylic acids is 1. The molecule has 0 saturated carbocycles. The lowest BCUT2D eigenvalue weighted by Crippen LogP contribution is -2.38. The minimum absolute atomic E-state index is 0.200. The zero-order chi connectivity index (χ0) is 12.1. The van der Waals surface area contributed by atoms with Crippen LogP contribution in [0.25, 0.3) is 0 Å². The topological polar surface area (TPSA) is 29.5 Å². The first kappa shape index (κ1) is 12.1. The summed E-state index contributed by atoms with van der Waals surface area (Å²) in [7, 11) is 0. The van der Waals surface area contributed by atoms with Crippen molar-refractivity contribution in [3.8, 4) is 0 Å². The van der Waals surface area contributed by atoms with Crippen molar-refractivity contribution in [3.63, 3.8) is 0 Å². The highest BCUT2D eigenvalue weighted by molar-refractivity contribution is 5.76. The number of amides is 1. The second-order valence-electron chi connectivity index (χ2n) is 4.54. The monoisotopic (exact) mass is 233 g/mol. The first-order valence-electron chi connectivity index (χ1n) is 6.17. The molecule has 1 heterocycles. The van der Waals surface area contributed by atoms with E-state index in [0.29, 0.717) is 13.2 Å². The number of hydrogen-bond acceptors (Lipinski definition) is 2. The SMILES string of the molecule is Cc1cccc(CCC(=O)N2CCCOC2)c1. The highest BCUT2D eigenvalue weighted by Crippen LogP contribution is 2.09. The van der Waals surface area contributed by atoms with Gasteiger partial charge in [-0.3, -0.25) is 4.79 Å². The molecule has 0 aromatic heterocycles. The van der Waals surface area contributed by atoms with Gasteiger partial charge in [0.2, 0.25) is 5.91 Å². The van der Waals surface area contributed by atoms with Crippen molar-refractivity contribution in [1.29, 1.82) is 0 Å². The summed E-state index contributed by atoms with van der Waals surface area (Å²) in [6, 6.07) is 8.33. The van der Waals surface area contributed by atoms with Gasteiger partial charge in [0.05, 0.1) is 6.61 Å². The molecule has 1 saturated heterocycles. The number of benzene rings is 1. The smallest absolute Gasteiger partial charge is 0.224 e. The van der Waals surface area contributed by atoms with Crippen LogP contribution in [0.3, 0.4) is 0 Å². The van der Waals surface area contributed by atoms with Crippen molar-refractivity contribution in [3.05, 3.63) is 35.4 Å². The van der Waals surface area contributed by atoms with Gasteiger partial charge in [-0.25, -0.2) is 0 Å². The molecule has 0 spiro atoms. The molecule has 3 nitrogen and oxygen atoms in total. The molecule has 92 valence electrons. The molecule has 0 N–H and O–H groups in total. The fourth-order valence-electron chi connectivity index (χ4n) is 2.07. The molecule has 1 aromatic carbocycles. The molecule has 3 heteroatoms. The molecule has 0 unspecified atom stereocenters. The number of rotatable bonds is 3. The largest absolute Gasteiger partial charge is 0.361 e.